The lowest BCUT2D eigenvalue weighted by Gasteiger charge is -2.19. The number of carbonyl (C=O) groups excluding carboxylic acids is 1. The molecule has 1 saturated heterocycles. The maximum Gasteiger partial charge on any atom is 0.227 e. The van der Waals surface area contributed by atoms with Crippen LogP contribution in [0.3, 0.4) is 0 Å². The van der Waals surface area contributed by atoms with Crippen LogP contribution in [0.1, 0.15) is 25.7 Å². The molecule has 17 heavy (non-hydrogen) atoms. The highest BCUT2D eigenvalue weighted by Gasteiger charge is 2.41. The molecule has 3 aliphatic rings. The van der Waals surface area contributed by atoms with Gasteiger partial charge in [0.1, 0.15) is 0 Å². The van der Waals surface area contributed by atoms with Crippen molar-refractivity contribution >= 4 is 5.91 Å². The summed E-state index contributed by atoms with van der Waals surface area (Å²) in [5, 5.41) is 3.10. The quantitative estimate of drug-likeness (QED) is 0.733. The van der Waals surface area contributed by atoms with Crippen molar-refractivity contribution in [3.05, 3.63) is 0 Å². The molecule has 3 rings (SSSR count). The molecule has 0 aromatic rings. The predicted molar refractivity (Wildman–Crippen MR) is 64.2 cm³/mol. The summed E-state index contributed by atoms with van der Waals surface area (Å²) in [6.07, 6.45) is 5.46. The van der Waals surface area contributed by atoms with Crippen LogP contribution in [0.25, 0.3) is 0 Å². The zero-order valence-electron chi connectivity index (χ0n) is 10.2. The molecule has 0 bridgehead atoms. The summed E-state index contributed by atoms with van der Waals surface area (Å²) >= 11 is 0. The Balaban J connectivity index is 1.47. The van der Waals surface area contributed by atoms with Crippen LogP contribution in [0.5, 0.6) is 0 Å². The summed E-state index contributed by atoms with van der Waals surface area (Å²) in [6, 6.07) is -0.115. The van der Waals surface area contributed by atoms with Crippen LogP contribution in [-0.4, -0.2) is 31.7 Å². The minimum absolute atomic E-state index is 0.0984. The van der Waals surface area contributed by atoms with Gasteiger partial charge in [0.05, 0.1) is 19.1 Å². The van der Waals surface area contributed by atoms with Gasteiger partial charge >= 0.3 is 0 Å². The normalized spacial score (nSPS) is 33.1. The van der Waals surface area contributed by atoms with E-state index in [1.807, 2.05) is 0 Å². The Bertz CT molecular complexity index is 288. The van der Waals surface area contributed by atoms with Crippen molar-refractivity contribution in [2.75, 3.05) is 19.8 Å². The average molecular weight is 238 g/mol. The van der Waals surface area contributed by atoms with Crippen molar-refractivity contribution in [1.29, 1.82) is 0 Å². The molecular weight excluding hydrogens is 216 g/mol. The topological polar surface area (TPSA) is 64.3 Å². The van der Waals surface area contributed by atoms with Crippen LogP contribution in [0.15, 0.2) is 0 Å². The molecule has 0 spiro atoms. The summed E-state index contributed by atoms with van der Waals surface area (Å²) in [4.78, 5) is 12.0. The third-order valence-electron chi connectivity index (χ3n) is 4.43. The maximum atomic E-state index is 12.0. The Morgan fingerprint density at radius 2 is 1.88 bits per heavy atom. The van der Waals surface area contributed by atoms with E-state index in [1.54, 1.807) is 0 Å². The Morgan fingerprint density at radius 3 is 2.35 bits per heavy atom. The minimum Gasteiger partial charge on any atom is -0.379 e. The number of ether oxygens (including phenoxy) is 1. The number of hydrogen-bond donors (Lipinski definition) is 2. The molecule has 3 fully saturated rings. The zero-order valence-corrected chi connectivity index (χ0v) is 10.2. The van der Waals surface area contributed by atoms with Gasteiger partial charge in [0.25, 0.3) is 0 Å². The second kappa shape index (κ2) is 4.58. The Hall–Kier alpha value is -0.610. The van der Waals surface area contributed by atoms with E-state index in [0.717, 1.165) is 24.3 Å². The summed E-state index contributed by atoms with van der Waals surface area (Å²) < 4.78 is 5.23. The molecule has 4 nitrogen and oxygen atoms in total. The smallest absolute Gasteiger partial charge is 0.227 e. The molecule has 96 valence electrons. The molecule has 2 unspecified atom stereocenters. The highest BCUT2D eigenvalue weighted by atomic mass is 16.5. The predicted octanol–water partition coefficient (Wildman–Crippen LogP) is 0.512. The molecule has 2 aliphatic carbocycles. The van der Waals surface area contributed by atoms with Crippen molar-refractivity contribution in [3.63, 3.8) is 0 Å². The van der Waals surface area contributed by atoms with Crippen molar-refractivity contribution < 1.29 is 9.53 Å². The van der Waals surface area contributed by atoms with Gasteiger partial charge in [-0.1, -0.05) is 0 Å². The Morgan fingerprint density at radius 1 is 1.24 bits per heavy atom. The molecule has 0 radical (unpaired) electrons. The zero-order chi connectivity index (χ0) is 11.8. The lowest BCUT2D eigenvalue weighted by atomic mass is 9.97. The van der Waals surface area contributed by atoms with Crippen molar-refractivity contribution in [2.45, 2.75) is 31.7 Å². The monoisotopic (exact) mass is 238 g/mol. The maximum absolute atomic E-state index is 12.0. The molecule has 4 heteroatoms. The first-order valence-electron chi connectivity index (χ1n) is 6.86. The van der Waals surface area contributed by atoms with E-state index in [4.69, 9.17) is 10.5 Å². The summed E-state index contributed by atoms with van der Waals surface area (Å²) in [5.74, 6) is 2.47. The first-order valence-corrected chi connectivity index (χ1v) is 6.86. The molecule has 2 atom stereocenters. The van der Waals surface area contributed by atoms with Crippen LogP contribution >= 0.6 is 0 Å². The SMILES string of the molecule is NC1COCC1C(=O)NCC(C1CC1)C1CC1. The van der Waals surface area contributed by atoms with Crippen LogP contribution in [0.4, 0.5) is 0 Å². The molecule has 0 aromatic carbocycles. The van der Waals surface area contributed by atoms with Crippen molar-refractivity contribution in [1.82, 2.24) is 5.32 Å². The van der Waals surface area contributed by atoms with Gasteiger partial charge in [0, 0.05) is 12.6 Å². The van der Waals surface area contributed by atoms with E-state index in [9.17, 15) is 4.79 Å². The van der Waals surface area contributed by atoms with Gasteiger partial charge in [-0.3, -0.25) is 4.79 Å². The fraction of sp³-hybridized carbons (Fsp3) is 0.923. The van der Waals surface area contributed by atoms with E-state index in [1.165, 1.54) is 25.7 Å². The summed E-state index contributed by atoms with van der Waals surface area (Å²) in [7, 11) is 0. The van der Waals surface area contributed by atoms with E-state index >= 15 is 0 Å². The molecule has 1 amide bonds. The minimum atomic E-state index is -0.131. The molecular formula is C13H22N2O2. The van der Waals surface area contributed by atoms with Gasteiger partial charge in [-0.05, 0) is 43.4 Å². The molecule has 2 saturated carbocycles. The van der Waals surface area contributed by atoms with E-state index < -0.39 is 0 Å². The number of rotatable bonds is 5. The highest BCUT2D eigenvalue weighted by molar-refractivity contribution is 5.79. The summed E-state index contributed by atoms with van der Waals surface area (Å²) in [5.41, 5.74) is 5.84. The van der Waals surface area contributed by atoms with Gasteiger partial charge in [-0.25, -0.2) is 0 Å². The Kier molecular flexibility index (Phi) is 3.09. The van der Waals surface area contributed by atoms with Crippen LogP contribution in [0, 0.1) is 23.7 Å². The van der Waals surface area contributed by atoms with E-state index in [2.05, 4.69) is 5.32 Å². The van der Waals surface area contributed by atoms with Gasteiger partial charge in [-0.2, -0.15) is 0 Å². The fourth-order valence-electron chi connectivity index (χ4n) is 2.96. The first-order chi connectivity index (χ1) is 8.25. The standard InChI is InChI=1S/C13H22N2O2/c14-12-7-17-6-11(12)13(16)15-5-10(8-1-2-8)9-3-4-9/h8-12H,1-7,14H2,(H,15,16). The van der Waals surface area contributed by atoms with E-state index in [-0.39, 0.29) is 17.9 Å². The first kappa shape index (κ1) is 11.5. The molecule has 3 N–H and O–H groups in total. The largest absolute Gasteiger partial charge is 0.379 e. The third kappa shape index (κ3) is 2.63. The lowest BCUT2D eigenvalue weighted by molar-refractivity contribution is -0.125. The van der Waals surface area contributed by atoms with Crippen LogP contribution < -0.4 is 11.1 Å². The van der Waals surface area contributed by atoms with Crippen LogP contribution in [-0.2, 0) is 9.53 Å². The van der Waals surface area contributed by atoms with Crippen molar-refractivity contribution in [2.24, 2.45) is 29.4 Å². The second-order valence-corrected chi connectivity index (χ2v) is 5.89. The number of hydrogen-bond acceptors (Lipinski definition) is 3. The number of carbonyl (C=O) groups is 1. The molecule has 0 aromatic heterocycles. The number of nitrogens with one attached hydrogen (secondary N) is 1. The second-order valence-electron chi connectivity index (χ2n) is 5.89. The van der Waals surface area contributed by atoms with Gasteiger partial charge in [0.2, 0.25) is 5.91 Å². The fourth-order valence-corrected chi connectivity index (χ4v) is 2.96. The Labute approximate surface area is 102 Å². The van der Waals surface area contributed by atoms with Crippen LogP contribution in [0.2, 0.25) is 0 Å². The molecule has 1 aliphatic heterocycles. The number of amides is 1. The highest BCUT2D eigenvalue weighted by Crippen LogP contribution is 2.48. The van der Waals surface area contributed by atoms with Crippen molar-refractivity contribution in [3.8, 4) is 0 Å². The van der Waals surface area contributed by atoms with E-state index in [0.29, 0.717) is 13.2 Å². The lowest BCUT2D eigenvalue weighted by Crippen LogP contribution is -2.42. The molecule has 1 heterocycles. The average Bonchev–Trinajstić information content (AvgIpc) is 3.20. The number of nitrogens with two attached hydrogens (primary N) is 1. The van der Waals surface area contributed by atoms with Gasteiger partial charge in [0.15, 0.2) is 0 Å². The summed E-state index contributed by atoms with van der Waals surface area (Å²) in [6.45, 7) is 1.87. The van der Waals surface area contributed by atoms with Gasteiger partial charge in [-0.15, -0.1) is 0 Å². The van der Waals surface area contributed by atoms with Gasteiger partial charge < -0.3 is 15.8 Å². The third-order valence-corrected chi connectivity index (χ3v) is 4.43.